The lowest BCUT2D eigenvalue weighted by Crippen LogP contribution is -2.38. The van der Waals surface area contributed by atoms with Gasteiger partial charge in [0.05, 0.1) is 30.9 Å². The van der Waals surface area contributed by atoms with E-state index < -0.39 is 5.60 Å². The summed E-state index contributed by atoms with van der Waals surface area (Å²) in [5.41, 5.74) is -0.131. The summed E-state index contributed by atoms with van der Waals surface area (Å²) in [6, 6.07) is 5.27. The monoisotopic (exact) mass is 307 g/mol. The van der Waals surface area contributed by atoms with Crippen molar-refractivity contribution in [1.82, 2.24) is 5.32 Å². The minimum absolute atomic E-state index is 0.0956. The van der Waals surface area contributed by atoms with Crippen LogP contribution in [0.15, 0.2) is 28.9 Å². The Hall–Kier alpha value is -1.63. The molecule has 112 valence electrons. The Morgan fingerprint density at radius 3 is 3.14 bits per heavy atom. The van der Waals surface area contributed by atoms with Gasteiger partial charge in [0.1, 0.15) is 11.4 Å². The first-order valence-corrected chi connectivity index (χ1v) is 7.62. The topological polar surface area (TPSA) is 71.7 Å². The van der Waals surface area contributed by atoms with Gasteiger partial charge < -0.3 is 19.6 Å². The lowest BCUT2D eigenvalue weighted by molar-refractivity contribution is 0.0331. The zero-order valence-electron chi connectivity index (χ0n) is 11.7. The number of ether oxygens (including phenoxy) is 1. The average Bonchev–Trinajstić information content (AvgIpc) is 3.13. The summed E-state index contributed by atoms with van der Waals surface area (Å²) >= 11 is 1.49. The van der Waals surface area contributed by atoms with Gasteiger partial charge in [-0.15, -0.1) is 11.3 Å². The normalized spacial score (nSPS) is 17.0. The van der Waals surface area contributed by atoms with Crippen molar-refractivity contribution in [2.45, 2.75) is 25.6 Å². The molecule has 2 aromatic heterocycles. The van der Waals surface area contributed by atoms with Crippen molar-refractivity contribution in [3.8, 4) is 0 Å². The van der Waals surface area contributed by atoms with Crippen LogP contribution in [-0.4, -0.2) is 24.2 Å². The van der Waals surface area contributed by atoms with Gasteiger partial charge in [-0.2, -0.15) is 0 Å². The third-order valence-electron chi connectivity index (χ3n) is 3.50. The highest BCUT2D eigenvalue weighted by Gasteiger charge is 2.27. The number of fused-ring (bicyclic) bond motifs is 1. The number of furan rings is 1. The van der Waals surface area contributed by atoms with Crippen molar-refractivity contribution in [3.63, 3.8) is 0 Å². The summed E-state index contributed by atoms with van der Waals surface area (Å²) in [6.45, 7) is 2.99. The maximum atomic E-state index is 12.2. The Kier molecular flexibility index (Phi) is 3.84. The second kappa shape index (κ2) is 5.63. The molecule has 0 radical (unpaired) electrons. The molecule has 5 nitrogen and oxygen atoms in total. The third-order valence-corrected chi connectivity index (χ3v) is 4.73. The number of rotatable bonds is 4. The molecule has 0 aromatic carbocycles. The summed E-state index contributed by atoms with van der Waals surface area (Å²) in [6.07, 6.45) is 2.36. The summed E-state index contributed by atoms with van der Waals surface area (Å²) in [7, 11) is 0. The Labute approximate surface area is 126 Å². The number of amides is 1. The van der Waals surface area contributed by atoms with E-state index in [4.69, 9.17) is 9.15 Å². The van der Waals surface area contributed by atoms with E-state index in [1.54, 1.807) is 19.1 Å². The second-order valence-electron chi connectivity index (χ2n) is 5.30. The van der Waals surface area contributed by atoms with Crippen LogP contribution in [0.4, 0.5) is 0 Å². The van der Waals surface area contributed by atoms with E-state index in [9.17, 15) is 9.90 Å². The van der Waals surface area contributed by atoms with Gasteiger partial charge in [0.2, 0.25) is 0 Å². The van der Waals surface area contributed by atoms with Crippen LogP contribution in [0, 0.1) is 0 Å². The molecule has 1 aliphatic heterocycles. The Balaban J connectivity index is 1.65. The van der Waals surface area contributed by atoms with Gasteiger partial charge >= 0.3 is 0 Å². The molecule has 6 heteroatoms. The molecular weight excluding hydrogens is 290 g/mol. The fourth-order valence-corrected chi connectivity index (χ4v) is 3.34. The first-order chi connectivity index (χ1) is 10.1. The van der Waals surface area contributed by atoms with E-state index in [0.717, 1.165) is 12.0 Å². The van der Waals surface area contributed by atoms with Crippen molar-refractivity contribution < 1.29 is 19.1 Å². The van der Waals surface area contributed by atoms with Gasteiger partial charge in [0.25, 0.3) is 5.91 Å². The van der Waals surface area contributed by atoms with Gasteiger partial charge in [-0.1, -0.05) is 0 Å². The molecule has 1 amide bonds. The Bertz CT molecular complexity index is 607. The molecule has 2 aromatic rings. The molecule has 3 rings (SSSR count). The highest BCUT2D eigenvalue weighted by Crippen LogP contribution is 2.27. The van der Waals surface area contributed by atoms with Crippen molar-refractivity contribution in [1.29, 1.82) is 0 Å². The molecule has 21 heavy (non-hydrogen) atoms. The molecule has 1 atom stereocenters. The van der Waals surface area contributed by atoms with E-state index in [1.165, 1.54) is 22.5 Å². The highest BCUT2D eigenvalue weighted by molar-refractivity contribution is 7.14. The number of hydrogen-bond donors (Lipinski definition) is 2. The second-order valence-corrected chi connectivity index (χ2v) is 6.43. The van der Waals surface area contributed by atoms with Gasteiger partial charge in [0.15, 0.2) is 0 Å². The van der Waals surface area contributed by atoms with Crippen LogP contribution in [0.1, 0.15) is 32.8 Å². The minimum Gasteiger partial charge on any atom is -0.466 e. The van der Waals surface area contributed by atoms with Crippen LogP contribution < -0.4 is 5.32 Å². The zero-order valence-corrected chi connectivity index (χ0v) is 12.5. The van der Waals surface area contributed by atoms with Gasteiger partial charge in [-0.05, 0) is 30.7 Å². The van der Waals surface area contributed by atoms with Crippen molar-refractivity contribution >= 4 is 17.2 Å². The van der Waals surface area contributed by atoms with E-state index in [2.05, 4.69) is 5.32 Å². The van der Waals surface area contributed by atoms with Gasteiger partial charge in [-0.25, -0.2) is 0 Å². The molecular formula is C15H17NO4S. The molecule has 0 fully saturated rings. The molecule has 0 spiro atoms. The number of carbonyl (C=O) groups is 1. The molecule has 0 saturated carbocycles. The maximum Gasteiger partial charge on any atom is 0.261 e. The smallest absolute Gasteiger partial charge is 0.261 e. The number of thiophene rings is 1. The van der Waals surface area contributed by atoms with Crippen LogP contribution in [0.5, 0.6) is 0 Å². The first kappa shape index (κ1) is 14.3. The van der Waals surface area contributed by atoms with E-state index in [-0.39, 0.29) is 12.5 Å². The van der Waals surface area contributed by atoms with Crippen molar-refractivity contribution in [2.24, 2.45) is 0 Å². The average molecular weight is 307 g/mol. The van der Waals surface area contributed by atoms with E-state index >= 15 is 0 Å². The fourth-order valence-electron chi connectivity index (χ4n) is 2.27. The van der Waals surface area contributed by atoms with Crippen molar-refractivity contribution in [3.05, 3.63) is 45.5 Å². The largest absolute Gasteiger partial charge is 0.466 e. The Morgan fingerprint density at radius 2 is 2.43 bits per heavy atom. The Morgan fingerprint density at radius 1 is 1.57 bits per heavy atom. The predicted octanol–water partition coefficient (Wildman–Crippen LogP) is 2.05. The maximum absolute atomic E-state index is 12.2. The SMILES string of the molecule is CC(O)(CNC(=O)c1cc2c(s1)CCOC2)c1ccco1. The standard InChI is InChI=1S/C15H17NO4S/c1-15(18,13-3-2-5-20-13)9-16-14(17)12-7-10-8-19-6-4-11(10)21-12/h2-3,5,7,18H,4,6,8-9H2,1H3,(H,16,17). The molecule has 1 aliphatic rings. The zero-order chi connectivity index (χ0) is 14.9. The van der Waals surface area contributed by atoms with E-state index in [1.807, 2.05) is 6.07 Å². The summed E-state index contributed by atoms with van der Waals surface area (Å²) in [5, 5.41) is 13.1. The molecule has 0 aliphatic carbocycles. The van der Waals surface area contributed by atoms with Gasteiger partial charge in [-0.3, -0.25) is 4.79 Å². The lowest BCUT2D eigenvalue weighted by atomic mass is 10.0. The highest BCUT2D eigenvalue weighted by atomic mass is 32.1. The van der Waals surface area contributed by atoms with Gasteiger partial charge in [0, 0.05) is 11.3 Å². The molecule has 2 N–H and O–H groups in total. The van der Waals surface area contributed by atoms with Crippen LogP contribution in [0.25, 0.3) is 0 Å². The van der Waals surface area contributed by atoms with Crippen LogP contribution in [-0.2, 0) is 23.4 Å². The number of hydrogen-bond acceptors (Lipinski definition) is 5. The fraction of sp³-hybridized carbons (Fsp3) is 0.400. The lowest BCUT2D eigenvalue weighted by Gasteiger charge is -2.20. The predicted molar refractivity (Wildman–Crippen MR) is 78.3 cm³/mol. The van der Waals surface area contributed by atoms with Crippen LogP contribution in [0.2, 0.25) is 0 Å². The summed E-state index contributed by atoms with van der Waals surface area (Å²) in [5.74, 6) is 0.253. The van der Waals surface area contributed by atoms with Crippen LogP contribution in [0.3, 0.4) is 0 Å². The number of aliphatic hydroxyl groups is 1. The number of carbonyl (C=O) groups excluding carboxylic acids is 1. The summed E-state index contributed by atoms with van der Waals surface area (Å²) in [4.78, 5) is 14.1. The number of nitrogens with one attached hydrogen (secondary N) is 1. The molecule has 3 heterocycles. The van der Waals surface area contributed by atoms with E-state index in [0.29, 0.717) is 23.9 Å². The third kappa shape index (κ3) is 3.02. The summed E-state index contributed by atoms with van der Waals surface area (Å²) < 4.78 is 10.6. The minimum atomic E-state index is -1.22. The molecule has 1 unspecified atom stereocenters. The van der Waals surface area contributed by atoms with Crippen molar-refractivity contribution in [2.75, 3.05) is 13.2 Å². The quantitative estimate of drug-likeness (QED) is 0.907. The van der Waals surface area contributed by atoms with Crippen LogP contribution >= 0.6 is 11.3 Å². The molecule has 0 bridgehead atoms. The first-order valence-electron chi connectivity index (χ1n) is 6.80. The molecule has 0 saturated heterocycles.